The van der Waals surface area contributed by atoms with Crippen LogP contribution in [0.3, 0.4) is 0 Å². The second-order valence-corrected chi connectivity index (χ2v) is 8.36. The zero-order valence-electron chi connectivity index (χ0n) is 17.0. The van der Waals surface area contributed by atoms with Gasteiger partial charge in [-0.15, -0.1) is 0 Å². The summed E-state index contributed by atoms with van der Waals surface area (Å²) < 4.78 is 5.89. The number of ether oxygens (including phenoxy) is 1. The third-order valence-corrected chi connectivity index (χ3v) is 6.24. The molecule has 0 spiro atoms. The molecule has 1 aliphatic rings. The first-order valence-corrected chi connectivity index (χ1v) is 11.2. The van der Waals surface area contributed by atoms with Crippen LogP contribution in [0.4, 0.5) is 0 Å². The van der Waals surface area contributed by atoms with Crippen molar-refractivity contribution < 1.29 is 14.6 Å². The lowest BCUT2D eigenvalue weighted by Gasteiger charge is -2.22. The van der Waals surface area contributed by atoms with Gasteiger partial charge < -0.3 is 9.84 Å². The quantitative estimate of drug-likeness (QED) is 0.515. The molecule has 4 rings (SSSR count). The molecule has 3 aromatic rings. The minimum Gasteiger partial charge on any atom is -0.489 e. The molecule has 6 heteroatoms. The van der Waals surface area contributed by atoms with Crippen molar-refractivity contribution in [3.63, 3.8) is 0 Å². The van der Waals surface area contributed by atoms with E-state index in [-0.39, 0.29) is 5.75 Å². The van der Waals surface area contributed by atoms with Crippen LogP contribution < -0.4 is 4.74 Å². The monoisotopic (exact) mass is 430 g/mol. The predicted molar refractivity (Wildman–Crippen MR) is 120 cm³/mol. The number of aliphatic carboxylic acids is 1. The van der Waals surface area contributed by atoms with Crippen molar-refractivity contribution in [3.05, 3.63) is 77.0 Å². The smallest absolute Gasteiger partial charge is 0.313 e. The summed E-state index contributed by atoms with van der Waals surface area (Å²) in [4.78, 5) is 15.7. The number of carboxylic acid groups (broad SMARTS) is 1. The number of carbonyl (C=O) groups is 1. The molecule has 1 heterocycles. The van der Waals surface area contributed by atoms with E-state index >= 15 is 0 Å². The summed E-state index contributed by atoms with van der Waals surface area (Å²) in [6.45, 7) is 0.490. The Bertz CT molecular complexity index is 1120. The summed E-state index contributed by atoms with van der Waals surface area (Å²) in [5, 5.41) is 19.5. The largest absolute Gasteiger partial charge is 0.489 e. The highest BCUT2D eigenvalue weighted by Gasteiger charge is 2.23. The maximum Gasteiger partial charge on any atom is 0.313 e. The molecule has 0 unspecified atom stereocenters. The number of aromatic nitrogens is 1. The molecule has 2 aromatic carbocycles. The van der Waals surface area contributed by atoms with Crippen LogP contribution in [0.5, 0.6) is 5.75 Å². The van der Waals surface area contributed by atoms with Gasteiger partial charge in [-0.05, 0) is 54.5 Å². The molecule has 0 radical (unpaired) electrons. The van der Waals surface area contributed by atoms with Crippen LogP contribution >= 0.6 is 11.8 Å². The van der Waals surface area contributed by atoms with Gasteiger partial charge in [-0.2, -0.15) is 5.26 Å². The van der Waals surface area contributed by atoms with Crippen LogP contribution in [-0.4, -0.2) is 21.8 Å². The Hall–Kier alpha value is -3.30. The molecule has 5 nitrogen and oxygen atoms in total. The number of hydrogen-bond acceptors (Lipinski definition) is 5. The highest BCUT2D eigenvalue weighted by molar-refractivity contribution is 7.99. The normalized spacial score (nSPS) is 12.6. The summed E-state index contributed by atoms with van der Waals surface area (Å²) >= 11 is 1.11. The average molecular weight is 431 g/mol. The van der Waals surface area contributed by atoms with E-state index in [1.165, 1.54) is 0 Å². The van der Waals surface area contributed by atoms with E-state index < -0.39 is 5.97 Å². The van der Waals surface area contributed by atoms with Crippen molar-refractivity contribution >= 4 is 17.7 Å². The molecule has 0 saturated carbocycles. The number of fused-ring (bicyclic) bond motifs is 1. The molecule has 0 bridgehead atoms. The third kappa shape index (κ3) is 4.89. The SMILES string of the molecule is N#Cc1c(SCC(=O)O)nc2c(c1-c1ccc(OCc3ccccc3)cc1)CCCC2. The number of rotatable bonds is 7. The summed E-state index contributed by atoms with van der Waals surface area (Å²) in [6.07, 6.45) is 3.85. The van der Waals surface area contributed by atoms with Crippen LogP contribution in [-0.2, 0) is 24.2 Å². The number of aryl methyl sites for hydroxylation is 1. The van der Waals surface area contributed by atoms with Gasteiger partial charge in [0.2, 0.25) is 0 Å². The van der Waals surface area contributed by atoms with Crippen LogP contribution in [0.2, 0.25) is 0 Å². The van der Waals surface area contributed by atoms with E-state index in [2.05, 4.69) is 11.1 Å². The highest BCUT2D eigenvalue weighted by Crippen LogP contribution is 2.38. The second kappa shape index (κ2) is 9.67. The number of carboxylic acids is 1. The molecule has 1 N–H and O–H groups in total. The molecule has 0 saturated heterocycles. The maximum absolute atomic E-state index is 11.1. The van der Waals surface area contributed by atoms with Crippen LogP contribution in [0.15, 0.2) is 59.6 Å². The Morgan fingerprint density at radius 1 is 1.10 bits per heavy atom. The van der Waals surface area contributed by atoms with Crippen molar-refractivity contribution in [1.29, 1.82) is 5.26 Å². The predicted octanol–water partition coefficient (Wildman–Crippen LogP) is 5.25. The second-order valence-electron chi connectivity index (χ2n) is 7.39. The maximum atomic E-state index is 11.1. The van der Waals surface area contributed by atoms with E-state index in [1.54, 1.807) is 0 Å². The van der Waals surface area contributed by atoms with Gasteiger partial charge in [0, 0.05) is 11.3 Å². The molecular formula is C25H22N2O3S. The molecule has 0 amide bonds. The Morgan fingerprint density at radius 2 is 1.84 bits per heavy atom. The molecular weight excluding hydrogens is 408 g/mol. The minimum absolute atomic E-state index is 0.119. The van der Waals surface area contributed by atoms with Gasteiger partial charge in [-0.3, -0.25) is 4.79 Å². The van der Waals surface area contributed by atoms with Crippen LogP contribution in [0, 0.1) is 11.3 Å². The Balaban J connectivity index is 1.66. The van der Waals surface area contributed by atoms with Crippen molar-refractivity contribution in [2.45, 2.75) is 37.3 Å². The fourth-order valence-corrected chi connectivity index (χ4v) is 4.56. The molecule has 31 heavy (non-hydrogen) atoms. The lowest BCUT2D eigenvalue weighted by atomic mass is 9.87. The van der Waals surface area contributed by atoms with Gasteiger partial charge >= 0.3 is 5.97 Å². The van der Waals surface area contributed by atoms with E-state index in [1.807, 2.05) is 54.6 Å². The first-order valence-electron chi connectivity index (χ1n) is 10.2. The van der Waals surface area contributed by atoms with Crippen molar-refractivity contribution in [3.8, 4) is 22.9 Å². The fourth-order valence-electron chi connectivity index (χ4n) is 3.83. The van der Waals surface area contributed by atoms with Gasteiger partial charge in [0.25, 0.3) is 0 Å². The van der Waals surface area contributed by atoms with Gasteiger partial charge in [0.15, 0.2) is 0 Å². The third-order valence-electron chi connectivity index (χ3n) is 5.28. The topological polar surface area (TPSA) is 83.2 Å². The molecule has 1 aromatic heterocycles. The van der Waals surface area contributed by atoms with Crippen molar-refractivity contribution in [2.24, 2.45) is 0 Å². The average Bonchev–Trinajstić information content (AvgIpc) is 2.81. The van der Waals surface area contributed by atoms with E-state index in [0.29, 0.717) is 17.2 Å². The summed E-state index contributed by atoms with van der Waals surface area (Å²) in [5.74, 6) is -0.281. The first-order chi connectivity index (χ1) is 15.2. The number of nitrogens with zero attached hydrogens (tertiary/aromatic N) is 2. The van der Waals surface area contributed by atoms with Crippen molar-refractivity contribution in [2.75, 3.05) is 5.75 Å². The zero-order chi connectivity index (χ0) is 21.6. The van der Waals surface area contributed by atoms with Gasteiger partial charge in [0.1, 0.15) is 23.5 Å². The van der Waals surface area contributed by atoms with Crippen LogP contribution in [0.25, 0.3) is 11.1 Å². The molecule has 0 atom stereocenters. The summed E-state index contributed by atoms with van der Waals surface area (Å²) in [7, 11) is 0. The van der Waals surface area contributed by atoms with Crippen LogP contribution in [0.1, 0.15) is 35.2 Å². The summed E-state index contributed by atoms with van der Waals surface area (Å²) in [6, 6.07) is 20.0. The van der Waals surface area contributed by atoms with Crippen molar-refractivity contribution in [1.82, 2.24) is 4.98 Å². The molecule has 1 aliphatic carbocycles. The van der Waals surface area contributed by atoms with Gasteiger partial charge in [-0.1, -0.05) is 54.2 Å². The van der Waals surface area contributed by atoms with E-state index in [0.717, 1.165) is 71.1 Å². The Morgan fingerprint density at radius 3 is 2.55 bits per heavy atom. The molecule has 156 valence electrons. The standard InChI is InChI=1S/C25H22N2O3S/c26-14-21-24(20-8-4-5-9-22(20)27-25(21)31-16-23(28)29)18-10-12-19(13-11-18)30-15-17-6-2-1-3-7-17/h1-3,6-7,10-13H,4-5,8-9,15-16H2,(H,28,29). The number of benzene rings is 2. The fraction of sp³-hybridized carbons (Fsp3) is 0.240. The first kappa shape index (κ1) is 21.0. The minimum atomic E-state index is -0.921. The lowest BCUT2D eigenvalue weighted by Crippen LogP contribution is -2.11. The van der Waals surface area contributed by atoms with Gasteiger partial charge in [-0.25, -0.2) is 4.98 Å². The Kier molecular flexibility index (Phi) is 6.54. The summed E-state index contributed by atoms with van der Waals surface area (Å²) in [5.41, 5.74) is 5.47. The van der Waals surface area contributed by atoms with Gasteiger partial charge in [0.05, 0.1) is 11.3 Å². The van der Waals surface area contributed by atoms with E-state index in [4.69, 9.17) is 9.84 Å². The molecule has 0 aliphatic heterocycles. The number of hydrogen-bond donors (Lipinski definition) is 1. The lowest BCUT2D eigenvalue weighted by molar-refractivity contribution is -0.133. The molecule has 0 fully saturated rings. The number of pyridine rings is 1. The zero-order valence-corrected chi connectivity index (χ0v) is 17.8. The highest BCUT2D eigenvalue weighted by atomic mass is 32.2. The van der Waals surface area contributed by atoms with E-state index in [9.17, 15) is 10.1 Å². The Labute approximate surface area is 185 Å². The number of nitriles is 1. The number of thioether (sulfide) groups is 1.